The lowest BCUT2D eigenvalue weighted by atomic mass is 9.85. The summed E-state index contributed by atoms with van der Waals surface area (Å²) in [6.07, 6.45) is 10.1. The number of nitrogens with one attached hydrogen (secondary N) is 1. The molecule has 0 saturated heterocycles. The number of hydrogen-bond acceptors (Lipinski definition) is 4. The fourth-order valence-corrected chi connectivity index (χ4v) is 5.28. The van der Waals surface area contributed by atoms with Gasteiger partial charge in [-0.05, 0) is 54.0 Å². The Morgan fingerprint density at radius 1 is 1.00 bits per heavy atom. The summed E-state index contributed by atoms with van der Waals surface area (Å²) in [6, 6.07) is 14.6. The van der Waals surface area contributed by atoms with Crippen molar-refractivity contribution in [2.24, 2.45) is 5.92 Å². The lowest BCUT2D eigenvalue weighted by molar-refractivity contribution is -0.119. The van der Waals surface area contributed by atoms with Gasteiger partial charge >= 0.3 is 0 Å². The maximum atomic E-state index is 12.5. The van der Waals surface area contributed by atoms with Crippen LogP contribution in [-0.4, -0.2) is 21.0 Å². The lowest BCUT2D eigenvalue weighted by Gasteiger charge is -2.20. The first-order valence-corrected chi connectivity index (χ1v) is 12.6. The predicted molar refractivity (Wildman–Crippen MR) is 135 cm³/mol. The van der Waals surface area contributed by atoms with Gasteiger partial charge in [0.05, 0.1) is 11.6 Å². The van der Waals surface area contributed by atoms with E-state index in [2.05, 4.69) is 17.1 Å². The van der Waals surface area contributed by atoms with Gasteiger partial charge in [-0.15, -0.1) is 0 Å². The van der Waals surface area contributed by atoms with Crippen LogP contribution < -0.4 is 5.56 Å². The van der Waals surface area contributed by atoms with Gasteiger partial charge in [-0.25, -0.2) is 0 Å². The van der Waals surface area contributed by atoms with Crippen molar-refractivity contribution in [3.8, 4) is 5.75 Å². The molecule has 5 heteroatoms. The van der Waals surface area contributed by atoms with E-state index < -0.39 is 6.10 Å². The summed E-state index contributed by atoms with van der Waals surface area (Å²) < 4.78 is 0. The summed E-state index contributed by atoms with van der Waals surface area (Å²) in [5.41, 5.74) is 3.11. The van der Waals surface area contributed by atoms with E-state index in [1.807, 2.05) is 12.1 Å². The normalized spacial score (nSPS) is 15.4. The van der Waals surface area contributed by atoms with E-state index in [-0.39, 0.29) is 11.3 Å². The molecule has 3 aromatic rings. The number of H-pyrrole nitrogens is 1. The molecule has 3 N–H and O–H groups in total. The number of aromatic amines is 1. The Bertz CT molecular complexity index is 1180. The number of aliphatic hydroxyl groups excluding tert-OH is 1. The van der Waals surface area contributed by atoms with Gasteiger partial charge in [0.15, 0.2) is 0 Å². The molecule has 2 aromatic carbocycles. The summed E-state index contributed by atoms with van der Waals surface area (Å²) in [5, 5.41) is 21.4. The monoisotopic (exact) mass is 461 g/mol. The Balaban J connectivity index is 1.27. The maximum absolute atomic E-state index is 12.5. The van der Waals surface area contributed by atoms with Crippen LogP contribution in [0.4, 0.5) is 0 Å². The third-order valence-corrected chi connectivity index (χ3v) is 7.09. The van der Waals surface area contributed by atoms with Crippen LogP contribution in [-0.2, 0) is 17.6 Å². The molecule has 0 amide bonds. The summed E-state index contributed by atoms with van der Waals surface area (Å²) in [7, 11) is 0. The molecule has 0 spiro atoms. The second-order valence-corrected chi connectivity index (χ2v) is 9.79. The van der Waals surface area contributed by atoms with E-state index in [1.165, 1.54) is 49.8 Å². The summed E-state index contributed by atoms with van der Waals surface area (Å²) >= 11 is 0. The average molecular weight is 462 g/mol. The zero-order valence-electron chi connectivity index (χ0n) is 19.8. The molecule has 4 rings (SSSR count). The minimum absolute atomic E-state index is 0.000698. The number of carbonyl (C=O) groups excluding carboxylic acids is 1. The van der Waals surface area contributed by atoms with Gasteiger partial charge in [-0.3, -0.25) is 9.59 Å². The Morgan fingerprint density at radius 2 is 1.79 bits per heavy atom. The number of phenols is 1. The molecule has 0 bridgehead atoms. The zero-order chi connectivity index (χ0) is 23.9. The Labute approximate surface area is 200 Å². The molecule has 1 fully saturated rings. The molecule has 1 aliphatic carbocycles. The number of fused-ring (bicyclic) bond motifs is 1. The van der Waals surface area contributed by atoms with Gasteiger partial charge in [0.25, 0.3) is 0 Å². The number of pyridine rings is 1. The third-order valence-electron chi connectivity index (χ3n) is 7.09. The summed E-state index contributed by atoms with van der Waals surface area (Å²) in [6.45, 7) is 0. The molecule has 1 unspecified atom stereocenters. The number of rotatable bonds is 10. The van der Waals surface area contributed by atoms with Gasteiger partial charge < -0.3 is 15.2 Å². The van der Waals surface area contributed by atoms with Crippen molar-refractivity contribution in [2.75, 3.05) is 0 Å². The standard InChI is InChI=1S/C29H35NO4/c31-23(18-21-7-2-1-3-8-21)19-22-11-6-10-20(17-22)9-4-5-12-26(32)24-13-15-27(33)29-25(24)14-16-28(34)30-29/h6,10-11,13-17,21,26,32-33H,1-5,7-9,12,18-19H2,(H,30,34). The molecule has 0 aliphatic heterocycles. The van der Waals surface area contributed by atoms with Gasteiger partial charge in [-0.2, -0.15) is 0 Å². The Kier molecular flexibility index (Phi) is 8.17. The van der Waals surface area contributed by atoms with Crippen LogP contribution in [0.5, 0.6) is 5.75 Å². The average Bonchev–Trinajstić information content (AvgIpc) is 2.83. The van der Waals surface area contributed by atoms with Crippen LogP contribution in [0.3, 0.4) is 0 Å². The van der Waals surface area contributed by atoms with E-state index in [0.29, 0.717) is 41.0 Å². The number of hydrogen-bond donors (Lipinski definition) is 3. The van der Waals surface area contributed by atoms with Gasteiger partial charge in [0.1, 0.15) is 11.5 Å². The van der Waals surface area contributed by atoms with Crippen LogP contribution >= 0.6 is 0 Å². The number of aliphatic hydroxyl groups is 1. The van der Waals surface area contributed by atoms with E-state index in [0.717, 1.165) is 31.2 Å². The number of aromatic nitrogens is 1. The minimum atomic E-state index is -0.669. The van der Waals surface area contributed by atoms with Crippen molar-refractivity contribution in [3.63, 3.8) is 0 Å². The number of carbonyl (C=O) groups is 1. The maximum Gasteiger partial charge on any atom is 0.248 e. The first-order chi connectivity index (χ1) is 16.5. The zero-order valence-corrected chi connectivity index (χ0v) is 19.8. The van der Waals surface area contributed by atoms with Crippen molar-refractivity contribution in [2.45, 2.75) is 76.7 Å². The number of aromatic hydroxyl groups is 1. The molecule has 5 nitrogen and oxygen atoms in total. The van der Waals surface area contributed by atoms with E-state index in [4.69, 9.17) is 0 Å². The van der Waals surface area contributed by atoms with Crippen molar-refractivity contribution in [3.05, 3.63) is 75.6 Å². The van der Waals surface area contributed by atoms with Gasteiger partial charge in [-0.1, -0.05) is 68.9 Å². The summed E-state index contributed by atoms with van der Waals surface area (Å²) in [4.78, 5) is 26.8. The van der Waals surface area contributed by atoms with Gasteiger partial charge in [0, 0.05) is 24.3 Å². The van der Waals surface area contributed by atoms with Crippen molar-refractivity contribution in [1.29, 1.82) is 0 Å². The van der Waals surface area contributed by atoms with E-state index in [1.54, 1.807) is 12.1 Å². The van der Waals surface area contributed by atoms with Crippen LogP contribution in [0.1, 0.15) is 80.6 Å². The SMILES string of the molecule is O=C(Cc1cccc(CCCCC(O)c2ccc(O)c3[nH]c(=O)ccc23)c1)CC1CCCCC1. The number of phenolic OH excluding ortho intramolecular Hbond substituents is 1. The van der Waals surface area contributed by atoms with Crippen molar-refractivity contribution < 1.29 is 15.0 Å². The van der Waals surface area contributed by atoms with E-state index in [9.17, 15) is 19.8 Å². The molecular weight excluding hydrogens is 426 g/mol. The lowest BCUT2D eigenvalue weighted by Crippen LogP contribution is -2.13. The summed E-state index contributed by atoms with van der Waals surface area (Å²) in [5.74, 6) is 0.942. The fourth-order valence-electron chi connectivity index (χ4n) is 5.28. The number of aryl methyl sites for hydroxylation is 1. The Hall–Kier alpha value is -2.92. The molecule has 1 aromatic heterocycles. The Morgan fingerprint density at radius 3 is 2.62 bits per heavy atom. The highest BCUT2D eigenvalue weighted by molar-refractivity contribution is 5.87. The molecule has 1 saturated carbocycles. The first-order valence-electron chi connectivity index (χ1n) is 12.6. The van der Waals surface area contributed by atoms with Crippen LogP contribution in [0.15, 0.2) is 53.3 Å². The smallest absolute Gasteiger partial charge is 0.248 e. The third kappa shape index (κ3) is 6.35. The molecule has 1 atom stereocenters. The molecule has 1 aliphatic rings. The van der Waals surface area contributed by atoms with Crippen LogP contribution in [0.25, 0.3) is 10.9 Å². The highest BCUT2D eigenvalue weighted by Crippen LogP contribution is 2.31. The number of ketones is 1. The molecule has 34 heavy (non-hydrogen) atoms. The molecular formula is C29H35NO4. The first kappa shape index (κ1) is 24.2. The highest BCUT2D eigenvalue weighted by atomic mass is 16.3. The number of unbranched alkanes of at least 4 members (excludes halogenated alkanes) is 1. The molecule has 1 heterocycles. The van der Waals surface area contributed by atoms with E-state index >= 15 is 0 Å². The topological polar surface area (TPSA) is 90.4 Å². The second-order valence-electron chi connectivity index (χ2n) is 9.79. The fraction of sp³-hybridized carbons (Fsp3) is 0.448. The minimum Gasteiger partial charge on any atom is -0.506 e. The van der Waals surface area contributed by atoms with Crippen molar-refractivity contribution >= 4 is 16.7 Å². The number of benzene rings is 2. The molecule has 0 radical (unpaired) electrons. The van der Waals surface area contributed by atoms with Gasteiger partial charge in [0.2, 0.25) is 5.56 Å². The highest BCUT2D eigenvalue weighted by Gasteiger charge is 2.17. The largest absolute Gasteiger partial charge is 0.506 e. The number of Topliss-reactive ketones (excluding diaryl/α,β-unsaturated/α-hetero) is 1. The van der Waals surface area contributed by atoms with Crippen LogP contribution in [0.2, 0.25) is 0 Å². The quantitative estimate of drug-likeness (QED) is 0.335. The predicted octanol–water partition coefficient (Wildman–Crippen LogP) is 5.76. The second kappa shape index (κ2) is 11.5. The van der Waals surface area contributed by atoms with Crippen molar-refractivity contribution in [1.82, 2.24) is 4.98 Å². The van der Waals surface area contributed by atoms with Crippen LogP contribution in [0, 0.1) is 5.92 Å². The molecule has 180 valence electrons.